The fourth-order valence-corrected chi connectivity index (χ4v) is 4.63. The van der Waals surface area contributed by atoms with Crippen LogP contribution in [0.15, 0.2) is 40.3 Å². The van der Waals surface area contributed by atoms with Crippen LogP contribution in [-0.4, -0.2) is 28.8 Å². The average Bonchev–Trinajstić information content (AvgIpc) is 3.13. The molecular weight excluding hydrogens is 360 g/mol. The molecule has 0 bridgehead atoms. The minimum Gasteiger partial charge on any atom is -0.467 e. The summed E-state index contributed by atoms with van der Waals surface area (Å²) < 4.78 is 5.60. The van der Waals surface area contributed by atoms with Gasteiger partial charge in [0, 0.05) is 17.0 Å². The summed E-state index contributed by atoms with van der Waals surface area (Å²) in [4.78, 5) is 29.2. The standard InChI is InChI=1S/C21H26N2O3S/c24-19(14-17-8-5-13-27-17)23(16-10-11-16)20(18-9-4-12-26-18)21(25)22-15-6-2-1-3-7-15/h4-5,8-9,12-13,15-16,20H,1-3,6-7,10-11,14H2,(H,22,25)/t20-/m1/s1. The molecule has 0 saturated heterocycles. The lowest BCUT2D eigenvalue weighted by atomic mass is 9.95. The molecule has 0 aromatic carbocycles. The summed E-state index contributed by atoms with van der Waals surface area (Å²) in [6.07, 6.45) is 9.38. The fraction of sp³-hybridized carbons (Fsp3) is 0.524. The van der Waals surface area contributed by atoms with Crippen molar-refractivity contribution in [3.8, 4) is 0 Å². The van der Waals surface area contributed by atoms with E-state index >= 15 is 0 Å². The van der Waals surface area contributed by atoms with Crippen LogP contribution in [0.2, 0.25) is 0 Å². The summed E-state index contributed by atoms with van der Waals surface area (Å²) in [5.74, 6) is 0.443. The van der Waals surface area contributed by atoms with Crippen molar-refractivity contribution in [2.24, 2.45) is 0 Å². The number of hydrogen-bond donors (Lipinski definition) is 1. The highest BCUT2D eigenvalue weighted by Crippen LogP contribution is 2.36. The summed E-state index contributed by atoms with van der Waals surface area (Å²) in [7, 11) is 0. The number of rotatable bonds is 7. The van der Waals surface area contributed by atoms with Gasteiger partial charge in [-0.15, -0.1) is 11.3 Å². The third-order valence-corrected chi connectivity index (χ3v) is 6.30. The van der Waals surface area contributed by atoms with Crippen LogP contribution in [0.25, 0.3) is 0 Å². The van der Waals surface area contributed by atoms with E-state index in [0.717, 1.165) is 43.4 Å². The van der Waals surface area contributed by atoms with Gasteiger partial charge in [-0.05, 0) is 49.3 Å². The topological polar surface area (TPSA) is 62.6 Å². The van der Waals surface area contributed by atoms with Gasteiger partial charge in [-0.25, -0.2) is 0 Å². The number of thiophene rings is 1. The van der Waals surface area contributed by atoms with Gasteiger partial charge in [-0.1, -0.05) is 25.3 Å². The van der Waals surface area contributed by atoms with Crippen LogP contribution in [0.3, 0.4) is 0 Å². The van der Waals surface area contributed by atoms with Gasteiger partial charge in [0.2, 0.25) is 5.91 Å². The Kier molecular flexibility index (Phi) is 5.62. The molecule has 27 heavy (non-hydrogen) atoms. The van der Waals surface area contributed by atoms with E-state index in [0.29, 0.717) is 12.2 Å². The van der Waals surface area contributed by atoms with Gasteiger partial charge in [0.15, 0.2) is 6.04 Å². The Morgan fingerprint density at radius 3 is 2.59 bits per heavy atom. The molecule has 0 radical (unpaired) electrons. The minimum absolute atomic E-state index is 0.000133. The maximum Gasteiger partial charge on any atom is 0.250 e. The van der Waals surface area contributed by atoms with E-state index in [2.05, 4.69) is 5.32 Å². The summed E-state index contributed by atoms with van der Waals surface area (Å²) in [6, 6.07) is 7.17. The molecule has 1 atom stereocenters. The first kappa shape index (κ1) is 18.3. The molecule has 4 rings (SSSR count). The smallest absolute Gasteiger partial charge is 0.250 e. The third kappa shape index (κ3) is 4.43. The second-order valence-corrected chi connectivity index (χ2v) is 8.58. The quantitative estimate of drug-likeness (QED) is 0.780. The normalized spacial score (nSPS) is 18.8. The zero-order chi connectivity index (χ0) is 18.6. The molecular formula is C21H26N2O3S. The number of carbonyl (C=O) groups is 2. The molecule has 2 aromatic heterocycles. The van der Waals surface area contributed by atoms with Crippen molar-refractivity contribution in [2.75, 3.05) is 0 Å². The Bertz CT molecular complexity index is 747. The zero-order valence-corrected chi connectivity index (χ0v) is 16.2. The molecule has 2 fully saturated rings. The number of nitrogens with one attached hydrogen (secondary N) is 1. The summed E-state index contributed by atoms with van der Waals surface area (Å²) in [5.41, 5.74) is 0. The first-order chi connectivity index (χ1) is 13.2. The molecule has 2 heterocycles. The first-order valence-electron chi connectivity index (χ1n) is 9.89. The second kappa shape index (κ2) is 8.30. The molecule has 5 nitrogen and oxygen atoms in total. The molecule has 144 valence electrons. The van der Waals surface area contributed by atoms with Crippen LogP contribution in [0.4, 0.5) is 0 Å². The maximum atomic E-state index is 13.2. The van der Waals surface area contributed by atoms with Gasteiger partial charge >= 0.3 is 0 Å². The van der Waals surface area contributed by atoms with Crippen LogP contribution in [0, 0.1) is 0 Å². The van der Waals surface area contributed by atoms with Gasteiger partial charge in [0.05, 0.1) is 12.7 Å². The predicted molar refractivity (Wildman–Crippen MR) is 104 cm³/mol. The van der Waals surface area contributed by atoms with Crippen molar-refractivity contribution in [3.63, 3.8) is 0 Å². The first-order valence-corrected chi connectivity index (χ1v) is 10.8. The highest BCUT2D eigenvalue weighted by Gasteiger charge is 2.42. The number of hydrogen-bond acceptors (Lipinski definition) is 4. The van der Waals surface area contributed by atoms with Crippen LogP contribution in [0.5, 0.6) is 0 Å². The molecule has 2 amide bonds. The van der Waals surface area contributed by atoms with Crippen LogP contribution < -0.4 is 5.32 Å². The van der Waals surface area contributed by atoms with E-state index < -0.39 is 6.04 Å². The van der Waals surface area contributed by atoms with Crippen LogP contribution >= 0.6 is 11.3 Å². The molecule has 2 aromatic rings. The Hall–Kier alpha value is -2.08. The molecule has 6 heteroatoms. The Labute approximate surface area is 163 Å². The van der Waals surface area contributed by atoms with Crippen molar-refractivity contribution in [3.05, 3.63) is 46.5 Å². The van der Waals surface area contributed by atoms with E-state index in [1.54, 1.807) is 34.6 Å². The molecule has 0 aliphatic heterocycles. The van der Waals surface area contributed by atoms with Crippen molar-refractivity contribution in [2.45, 2.75) is 69.5 Å². The minimum atomic E-state index is -0.679. The largest absolute Gasteiger partial charge is 0.467 e. The lowest BCUT2D eigenvalue weighted by molar-refractivity contribution is -0.142. The van der Waals surface area contributed by atoms with Gasteiger partial charge in [0.1, 0.15) is 5.76 Å². The van der Waals surface area contributed by atoms with E-state index in [-0.39, 0.29) is 23.9 Å². The highest BCUT2D eigenvalue weighted by atomic mass is 32.1. The number of nitrogens with zero attached hydrogens (tertiary/aromatic N) is 1. The summed E-state index contributed by atoms with van der Waals surface area (Å²) in [5, 5.41) is 5.17. The molecule has 2 saturated carbocycles. The number of furan rings is 1. The number of carbonyl (C=O) groups excluding carboxylic acids is 2. The second-order valence-electron chi connectivity index (χ2n) is 7.55. The fourth-order valence-electron chi connectivity index (χ4n) is 3.93. The maximum absolute atomic E-state index is 13.2. The van der Waals surface area contributed by atoms with Crippen molar-refractivity contribution >= 4 is 23.2 Å². The van der Waals surface area contributed by atoms with Crippen molar-refractivity contribution < 1.29 is 14.0 Å². The third-order valence-electron chi connectivity index (χ3n) is 5.42. The monoisotopic (exact) mass is 386 g/mol. The predicted octanol–water partition coefficient (Wildman–Crippen LogP) is 4.06. The Morgan fingerprint density at radius 1 is 1.15 bits per heavy atom. The van der Waals surface area contributed by atoms with Gasteiger partial charge in [-0.2, -0.15) is 0 Å². The van der Waals surface area contributed by atoms with Crippen LogP contribution in [0.1, 0.15) is 61.6 Å². The Balaban J connectivity index is 1.55. The van der Waals surface area contributed by atoms with E-state index in [1.165, 1.54) is 6.42 Å². The zero-order valence-electron chi connectivity index (χ0n) is 15.4. The van der Waals surface area contributed by atoms with Crippen molar-refractivity contribution in [1.29, 1.82) is 0 Å². The molecule has 0 spiro atoms. The highest BCUT2D eigenvalue weighted by molar-refractivity contribution is 7.10. The Morgan fingerprint density at radius 2 is 1.96 bits per heavy atom. The van der Waals surface area contributed by atoms with Gasteiger partial charge in [0.25, 0.3) is 5.91 Å². The molecule has 0 unspecified atom stereocenters. The SMILES string of the molecule is O=C(NC1CCCCC1)[C@@H](c1ccco1)N(C(=O)Cc1cccs1)C1CC1. The van der Waals surface area contributed by atoms with Gasteiger partial charge < -0.3 is 14.6 Å². The molecule has 1 N–H and O–H groups in total. The lowest BCUT2D eigenvalue weighted by Gasteiger charge is -2.32. The summed E-state index contributed by atoms with van der Waals surface area (Å²) in [6.45, 7) is 0. The van der Waals surface area contributed by atoms with Crippen molar-refractivity contribution in [1.82, 2.24) is 10.2 Å². The van der Waals surface area contributed by atoms with E-state index in [4.69, 9.17) is 4.42 Å². The van der Waals surface area contributed by atoms with Gasteiger partial charge in [-0.3, -0.25) is 9.59 Å². The molecule has 2 aliphatic carbocycles. The molecule has 2 aliphatic rings. The van der Waals surface area contributed by atoms with E-state index in [1.807, 2.05) is 17.5 Å². The average molecular weight is 387 g/mol. The van der Waals surface area contributed by atoms with E-state index in [9.17, 15) is 9.59 Å². The lowest BCUT2D eigenvalue weighted by Crippen LogP contribution is -2.48. The summed E-state index contributed by atoms with van der Waals surface area (Å²) >= 11 is 1.58. The van der Waals surface area contributed by atoms with Crippen LogP contribution in [-0.2, 0) is 16.0 Å². The number of amides is 2.